The third-order valence-electron chi connectivity index (χ3n) is 4.68. The monoisotopic (exact) mass is 316 g/mol. The van der Waals surface area contributed by atoms with E-state index >= 15 is 0 Å². The fraction of sp³-hybridized carbons (Fsp3) is 0.556. The number of amides is 1. The highest BCUT2D eigenvalue weighted by Gasteiger charge is 2.32. The summed E-state index contributed by atoms with van der Waals surface area (Å²) in [6.07, 6.45) is 6.22. The highest BCUT2D eigenvalue weighted by molar-refractivity contribution is 7.18. The van der Waals surface area contributed by atoms with Crippen LogP contribution in [0.3, 0.4) is 0 Å². The molecule has 1 saturated carbocycles. The molecule has 1 heterocycles. The Morgan fingerprint density at radius 2 is 2.14 bits per heavy atom. The van der Waals surface area contributed by atoms with E-state index in [0.717, 1.165) is 30.7 Å². The number of hydrogen-bond donors (Lipinski definition) is 0. The summed E-state index contributed by atoms with van der Waals surface area (Å²) < 4.78 is 1.26. The van der Waals surface area contributed by atoms with Crippen molar-refractivity contribution in [1.29, 1.82) is 0 Å². The first-order valence-corrected chi connectivity index (χ1v) is 9.07. The molecule has 1 aromatic carbocycles. The van der Waals surface area contributed by atoms with Crippen molar-refractivity contribution in [3.63, 3.8) is 0 Å². The second-order valence-corrected chi connectivity index (χ2v) is 7.48. The molecule has 1 aromatic heterocycles. The minimum absolute atomic E-state index is 0.295. The zero-order valence-corrected chi connectivity index (χ0v) is 14.2. The van der Waals surface area contributed by atoms with Gasteiger partial charge in [0.25, 0.3) is 0 Å². The van der Waals surface area contributed by atoms with Gasteiger partial charge in [-0.25, -0.2) is 4.98 Å². The number of aromatic nitrogens is 1. The molecule has 1 aliphatic carbocycles. The van der Waals surface area contributed by atoms with Crippen LogP contribution in [-0.4, -0.2) is 28.9 Å². The molecule has 0 N–H and O–H groups in total. The number of carbonyl (C=O) groups excluding carboxylic acids is 1. The summed E-state index contributed by atoms with van der Waals surface area (Å²) in [5.41, 5.74) is 1.09. The van der Waals surface area contributed by atoms with Crippen molar-refractivity contribution in [3.8, 4) is 0 Å². The Morgan fingerprint density at radius 3 is 2.86 bits per heavy atom. The number of nitrogens with zero attached hydrogens (tertiary/aromatic N) is 2. The lowest BCUT2D eigenvalue weighted by atomic mass is 10.1. The van der Waals surface area contributed by atoms with Crippen molar-refractivity contribution in [3.05, 3.63) is 29.3 Å². The van der Waals surface area contributed by atoms with Crippen LogP contribution >= 0.6 is 11.3 Å². The first-order chi connectivity index (χ1) is 10.6. The van der Waals surface area contributed by atoms with Gasteiger partial charge in [-0.3, -0.25) is 4.79 Å². The van der Waals surface area contributed by atoms with Crippen molar-refractivity contribution in [2.24, 2.45) is 5.92 Å². The topological polar surface area (TPSA) is 33.2 Å². The van der Waals surface area contributed by atoms with Crippen LogP contribution < -0.4 is 0 Å². The molecule has 0 radical (unpaired) electrons. The maximum Gasteiger partial charge on any atom is 0.222 e. The number of unbranched alkanes of at least 4 members (excludes halogenated alkanes) is 1. The second-order valence-electron chi connectivity index (χ2n) is 6.37. The maximum absolute atomic E-state index is 12.2. The van der Waals surface area contributed by atoms with Crippen LogP contribution in [0.5, 0.6) is 0 Å². The summed E-state index contributed by atoms with van der Waals surface area (Å²) in [6.45, 7) is 2.18. The molecule has 2 aromatic rings. The Morgan fingerprint density at radius 1 is 1.36 bits per heavy atom. The van der Waals surface area contributed by atoms with Gasteiger partial charge in [-0.2, -0.15) is 0 Å². The van der Waals surface area contributed by atoms with Crippen LogP contribution in [0.15, 0.2) is 24.3 Å². The molecule has 3 nitrogen and oxygen atoms in total. The Balaban J connectivity index is 1.42. The lowest BCUT2D eigenvalue weighted by Gasteiger charge is -2.24. The lowest BCUT2D eigenvalue weighted by Crippen LogP contribution is -2.36. The third-order valence-corrected chi connectivity index (χ3v) is 5.77. The van der Waals surface area contributed by atoms with Gasteiger partial charge in [-0.05, 0) is 57.1 Å². The van der Waals surface area contributed by atoms with Crippen LogP contribution in [0.25, 0.3) is 10.2 Å². The molecule has 118 valence electrons. The van der Waals surface area contributed by atoms with E-state index in [1.54, 1.807) is 11.3 Å². The molecule has 22 heavy (non-hydrogen) atoms. The molecular formula is C18H24N2OS. The van der Waals surface area contributed by atoms with E-state index < -0.39 is 0 Å². The van der Waals surface area contributed by atoms with Crippen molar-refractivity contribution >= 4 is 27.5 Å². The molecule has 0 aliphatic heterocycles. The molecule has 1 atom stereocenters. The number of carbonyl (C=O) groups is 1. The number of hydrogen-bond acceptors (Lipinski definition) is 3. The van der Waals surface area contributed by atoms with E-state index in [0.29, 0.717) is 18.4 Å². The first-order valence-electron chi connectivity index (χ1n) is 8.25. The predicted octanol–water partition coefficient (Wildman–Crippen LogP) is 4.27. The van der Waals surface area contributed by atoms with E-state index in [-0.39, 0.29) is 0 Å². The standard InChI is InChI=1S/C18H24N2OS/c1-13(14-11-12-14)20(2)18(21)10-6-5-9-17-19-15-7-3-4-8-16(15)22-17/h3-4,7-8,13-14H,5-6,9-12H2,1-2H3. The smallest absolute Gasteiger partial charge is 0.222 e. The summed E-state index contributed by atoms with van der Waals surface area (Å²) >= 11 is 1.77. The van der Waals surface area contributed by atoms with Gasteiger partial charge in [0.05, 0.1) is 15.2 Å². The van der Waals surface area contributed by atoms with Crippen LogP contribution in [0.2, 0.25) is 0 Å². The molecule has 4 heteroatoms. The van der Waals surface area contributed by atoms with E-state index in [9.17, 15) is 4.79 Å². The van der Waals surface area contributed by atoms with E-state index in [1.807, 2.05) is 18.0 Å². The molecule has 1 aliphatic rings. The van der Waals surface area contributed by atoms with Gasteiger partial charge in [-0.1, -0.05) is 12.1 Å². The van der Waals surface area contributed by atoms with Gasteiger partial charge in [0.2, 0.25) is 5.91 Å². The van der Waals surface area contributed by atoms with E-state index in [4.69, 9.17) is 0 Å². The van der Waals surface area contributed by atoms with Gasteiger partial charge < -0.3 is 4.90 Å². The second kappa shape index (κ2) is 6.78. The average Bonchev–Trinajstić information content (AvgIpc) is 3.29. The summed E-state index contributed by atoms with van der Waals surface area (Å²) in [7, 11) is 1.96. The molecular weight excluding hydrogens is 292 g/mol. The number of para-hydroxylation sites is 1. The quantitative estimate of drug-likeness (QED) is 0.715. The largest absolute Gasteiger partial charge is 0.343 e. The number of benzene rings is 1. The Bertz CT molecular complexity index is 614. The number of aryl methyl sites for hydroxylation is 1. The fourth-order valence-electron chi connectivity index (χ4n) is 2.88. The van der Waals surface area contributed by atoms with Gasteiger partial charge in [0.15, 0.2) is 0 Å². The van der Waals surface area contributed by atoms with Crippen molar-refractivity contribution in [1.82, 2.24) is 9.88 Å². The molecule has 3 rings (SSSR count). The van der Waals surface area contributed by atoms with Gasteiger partial charge in [0, 0.05) is 19.5 Å². The first kappa shape index (κ1) is 15.5. The van der Waals surface area contributed by atoms with Gasteiger partial charge >= 0.3 is 0 Å². The minimum atomic E-state index is 0.295. The molecule has 0 saturated heterocycles. The SMILES string of the molecule is CC(C1CC1)N(C)C(=O)CCCCc1nc2ccccc2s1. The van der Waals surface area contributed by atoms with Gasteiger partial charge in [-0.15, -0.1) is 11.3 Å². The number of rotatable bonds is 7. The highest BCUT2D eigenvalue weighted by atomic mass is 32.1. The molecule has 0 spiro atoms. The summed E-state index contributed by atoms with van der Waals surface area (Å²) in [6, 6.07) is 8.68. The molecule has 0 bridgehead atoms. The van der Waals surface area contributed by atoms with Crippen LogP contribution in [-0.2, 0) is 11.2 Å². The highest BCUT2D eigenvalue weighted by Crippen LogP contribution is 2.34. The summed E-state index contributed by atoms with van der Waals surface area (Å²) in [4.78, 5) is 18.8. The van der Waals surface area contributed by atoms with E-state index in [2.05, 4.69) is 30.1 Å². The average molecular weight is 316 g/mol. The molecule has 1 amide bonds. The zero-order valence-electron chi connectivity index (χ0n) is 13.4. The van der Waals surface area contributed by atoms with Crippen LogP contribution in [0.1, 0.15) is 44.0 Å². The Kier molecular flexibility index (Phi) is 4.77. The van der Waals surface area contributed by atoms with Crippen molar-refractivity contribution < 1.29 is 4.79 Å². The summed E-state index contributed by atoms with van der Waals surface area (Å²) in [5, 5.41) is 1.19. The zero-order chi connectivity index (χ0) is 15.5. The fourth-order valence-corrected chi connectivity index (χ4v) is 3.89. The minimum Gasteiger partial charge on any atom is -0.343 e. The number of thiazole rings is 1. The normalized spacial score (nSPS) is 15.9. The molecule has 1 fully saturated rings. The lowest BCUT2D eigenvalue weighted by molar-refractivity contribution is -0.132. The number of fused-ring (bicyclic) bond motifs is 1. The summed E-state index contributed by atoms with van der Waals surface area (Å²) in [5.74, 6) is 1.04. The third kappa shape index (κ3) is 3.67. The Hall–Kier alpha value is -1.42. The predicted molar refractivity (Wildman–Crippen MR) is 92.1 cm³/mol. The van der Waals surface area contributed by atoms with Crippen LogP contribution in [0.4, 0.5) is 0 Å². The van der Waals surface area contributed by atoms with Gasteiger partial charge in [0.1, 0.15) is 0 Å². The maximum atomic E-state index is 12.2. The Labute approximate surface area is 136 Å². The van der Waals surface area contributed by atoms with Crippen molar-refractivity contribution in [2.45, 2.75) is 51.5 Å². The molecule has 1 unspecified atom stereocenters. The van der Waals surface area contributed by atoms with Crippen molar-refractivity contribution in [2.75, 3.05) is 7.05 Å². The van der Waals surface area contributed by atoms with Crippen LogP contribution in [0, 0.1) is 5.92 Å². The van der Waals surface area contributed by atoms with E-state index in [1.165, 1.54) is 22.5 Å².